The number of benzene rings is 1. The molecule has 0 spiro atoms. The van der Waals surface area contributed by atoms with Crippen LogP contribution in [0.4, 0.5) is 0 Å². The van der Waals surface area contributed by atoms with Gasteiger partial charge in [0.1, 0.15) is 0 Å². The standard InChI is InChI=1S/C23H30Si/c1-16-12-20-10-11-23(22(20)13-17(16)2)24(3,4)21-14-18-8-6-5-7-9-19(18)15-21/h10-15,21,23H,5-9H2,1-4H3. The van der Waals surface area contributed by atoms with Gasteiger partial charge in [-0.2, -0.15) is 0 Å². The molecule has 24 heavy (non-hydrogen) atoms. The molecule has 4 rings (SSSR count). The van der Waals surface area contributed by atoms with Crippen LogP contribution in [0.25, 0.3) is 6.08 Å². The van der Waals surface area contributed by atoms with E-state index in [1.165, 1.54) is 48.8 Å². The average Bonchev–Trinajstić information content (AvgIpc) is 3.07. The molecule has 0 nitrogen and oxygen atoms in total. The molecular weight excluding hydrogens is 304 g/mol. The lowest BCUT2D eigenvalue weighted by molar-refractivity contribution is 0.717. The fourth-order valence-electron chi connectivity index (χ4n) is 4.85. The second-order valence-corrected chi connectivity index (χ2v) is 13.6. The summed E-state index contributed by atoms with van der Waals surface area (Å²) in [5, 5.41) is 0. The summed E-state index contributed by atoms with van der Waals surface area (Å²) in [5.41, 5.74) is 10.7. The van der Waals surface area contributed by atoms with Crippen LogP contribution in [0.3, 0.4) is 0 Å². The van der Waals surface area contributed by atoms with E-state index in [1.807, 2.05) is 0 Å². The number of rotatable bonds is 2. The minimum Gasteiger partial charge on any atom is -0.0791 e. The molecule has 1 aromatic rings. The van der Waals surface area contributed by atoms with Crippen molar-refractivity contribution < 1.29 is 0 Å². The summed E-state index contributed by atoms with van der Waals surface area (Å²) in [6, 6.07) is 4.86. The quantitative estimate of drug-likeness (QED) is 0.518. The van der Waals surface area contributed by atoms with Crippen LogP contribution in [-0.4, -0.2) is 8.07 Å². The van der Waals surface area contributed by atoms with E-state index >= 15 is 0 Å². The van der Waals surface area contributed by atoms with Crippen LogP contribution < -0.4 is 0 Å². The van der Waals surface area contributed by atoms with Crippen molar-refractivity contribution >= 4 is 14.1 Å². The maximum absolute atomic E-state index is 2.67. The molecule has 0 heterocycles. The van der Waals surface area contributed by atoms with E-state index in [1.54, 1.807) is 16.7 Å². The molecule has 1 heteroatoms. The van der Waals surface area contributed by atoms with Crippen molar-refractivity contribution in [3.05, 3.63) is 63.8 Å². The van der Waals surface area contributed by atoms with Gasteiger partial charge in [-0.15, -0.1) is 0 Å². The second kappa shape index (κ2) is 5.88. The monoisotopic (exact) mass is 334 g/mol. The average molecular weight is 335 g/mol. The van der Waals surface area contributed by atoms with Crippen LogP contribution in [0.5, 0.6) is 0 Å². The van der Waals surface area contributed by atoms with Gasteiger partial charge in [0, 0.05) is 0 Å². The third-order valence-corrected chi connectivity index (χ3v) is 10.9. The molecule has 1 unspecified atom stereocenters. The first-order valence-corrected chi connectivity index (χ1v) is 12.8. The molecule has 3 aliphatic carbocycles. The van der Waals surface area contributed by atoms with Gasteiger partial charge >= 0.3 is 0 Å². The molecular formula is C23H30Si. The molecule has 0 N–H and O–H groups in total. The lowest BCUT2D eigenvalue weighted by atomic mass is 10.0. The number of hydrogen-bond donors (Lipinski definition) is 0. The highest BCUT2D eigenvalue weighted by atomic mass is 28.3. The van der Waals surface area contributed by atoms with Gasteiger partial charge in [0.2, 0.25) is 0 Å². The van der Waals surface area contributed by atoms with E-state index in [0.717, 1.165) is 0 Å². The van der Waals surface area contributed by atoms with Crippen LogP contribution in [-0.2, 0) is 0 Å². The summed E-state index contributed by atoms with van der Waals surface area (Å²) >= 11 is 0. The maximum Gasteiger partial charge on any atom is 0.0707 e. The van der Waals surface area contributed by atoms with Crippen molar-refractivity contribution in [2.45, 2.75) is 70.1 Å². The Balaban J connectivity index is 1.67. The van der Waals surface area contributed by atoms with Crippen LogP contribution >= 0.6 is 0 Å². The zero-order valence-electron chi connectivity index (χ0n) is 15.7. The highest BCUT2D eigenvalue weighted by Crippen LogP contribution is 2.48. The second-order valence-electron chi connectivity index (χ2n) is 8.69. The molecule has 0 aromatic heterocycles. The molecule has 1 atom stereocenters. The predicted molar refractivity (Wildman–Crippen MR) is 108 cm³/mol. The van der Waals surface area contributed by atoms with Crippen LogP contribution in [0.15, 0.2) is 41.5 Å². The highest BCUT2D eigenvalue weighted by molar-refractivity contribution is 6.81. The lowest BCUT2D eigenvalue weighted by Gasteiger charge is -2.34. The van der Waals surface area contributed by atoms with Gasteiger partial charge in [0.25, 0.3) is 0 Å². The van der Waals surface area contributed by atoms with Crippen LogP contribution in [0, 0.1) is 13.8 Å². The van der Waals surface area contributed by atoms with E-state index in [9.17, 15) is 0 Å². The van der Waals surface area contributed by atoms with Crippen molar-refractivity contribution in [1.29, 1.82) is 0 Å². The van der Waals surface area contributed by atoms with Gasteiger partial charge in [-0.05, 0) is 84.0 Å². The topological polar surface area (TPSA) is 0 Å². The Labute approximate surface area is 148 Å². The van der Waals surface area contributed by atoms with Crippen molar-refractivity contribution in [3.8, 4) is 0 Å². The van der Waals surface area contributed by atoms with E-state index in [0.29, 0.717) is 11.1 Å². The fourth-order valence-corrected chi connectivity index (χ4v) is 8.17. The smallest absolute Gasteiger partial charge is 0.0707 e. The molecule has 0 bridgehead atoms. The summed E-state index contributed by atoms with van der Waals surface area (Å²) in [7, 11) is -1.47. The largest absolute Gasteiger partial charge is 0.0791 e. The first-order chi connectivity index (χ1) is 11.5. The van der Waals surface area contributed by atoms with Gasteiger partial charge in [0.05, 0.1) is 8.07 Å². The molecule has 126 valence electrons. The minimum atomic E-state index is -1.47. The van der Waals surface area contributed by atoms with Crippen molar-refractivity contribution in [1.82, 2.24) is 0 Å². The first-order valence-electron chi connectivity index (χ1n) is 9.68. The first kappa shape index (κ1) is 16.1. The molecule has 0 radical (unpaired) electrons. The van der Waals surface area contributed by atoms with Gasteiger partial charge in [-0.1, -0.05) is 56.0 Å². The van der Waals surface area contributed by atoms with Gasteiger partial charge in [-0.3, -0.25) is 0 Å². The Hall–Kier alpha value is -1.34. The van der Waals surface area contributed by atoms with Crippen molar-refractivity contribution in [2.24, 2.45) is 0 Å². The van der Waals surface area contributed by atoms with E-state index in [-0.39, 0.29) is 0 Å². The number of fused-ring (bicyclic) bond motifs is 2. The maximum atomic E-state index is 2.67. The third-order valence-electron chi connectivity index (χ3n) is 6.73. The van der Waals surface area contributed by atoms with Crippen LogP contribution in [0.2, 0.25) is 18.6 Å². The predicted octanol–water partition coefficient (Wildman–Crippen LogP) is 6.86. The molecule has 0 amide bonds. The summed E-state index contributed by atoms with van der Waals surface area (Å²) in [4.78, 5) is 0. The zero-order chi connectivity index (χ0) is 16.9. The lowest BCUT2D eigenvalue weighted by Crippen LogP contribution is -2.37. The number of allylic oxidation sites excluding steroid dienone is 5. The van der Waals surface area contributed by atoms with E-state index in [2.05, 4.69) is 63.4 Å². The highest BCUT2D eigenvalue weighted by Gasteiger charge is 2.41. The summed E-state index contributed by atoms with van der Waals surface area (Å²) in [5.74, 6) is 0. The zero-order valence-corrected chi connectivity index (χ0v) is 16.7. The van der Waals surface area contributed by atoms with E-state index < -0.39 is 8.07 Å². The van der Waals surface area contributed by atoms with Gasteiger partial charge in [-0.25, -0.2) is 0 Å². The SMILES string of the molecule is Cc1cc2c(cc1C)C([Si](C)(C)C1C=C3CCCCCC3=C1)C=C2. The Morgan fingerprint density at radius 1 is 0.875 bits per heavy atom. The Morgan fingerprint density at radius 2 is 1.50 bits per heavy atom. The minimum absolute atomic E-state index is 0.660. The van der Waals surface area contributed by atoms with Gasteiger partial charge in [0.15, 0.2) is 0 Å². The molecule has 1 saturated carbocycles. The molecule has 0 saturated heterocycles. The molecule has 1 fully saturated rings. The Morgan fingerprint density at radius 3 is 2.17 bits per heavy atom. The van der Waals surface area contributed by atoms with Crippen molar-refractivity contribution in [3.63, 3.8) is 0 Å². The third kappa shape index (κ3) is 2.58. The normalized spacial score (nSPS) is 23.6. The summed E-state index contributed by atoms with van der Waals surface area (Å²) < 4.78 is 0. The molecule has 1 aromatic carbocycles. The Kier molecular flexibility index (Phi) is 3.95. The van der Waals surface area contributed by atoms with E-state index in [4.69, 9.17) is 0 Å². The van der Waals surface area contributed by atoms with Crippen molar-refractivity contribution in [2.75, 3.05) is 0 Å². The summed E-state index contributed by atoms with van der Waals surface area (Å²) in [6.45, 7) is 9.71. The fraction of sp³-hybridized carbons (Fsp3) is 0.478. The summed E-state index contributed by atoms with van der Waals surface area (Å²) in [6.07, 6.45) is 17.1. The number of aryl methyl sites for hydroxylation is 2. The molecule has 3 aliphatic rings. The van der Waals surface area contributed by atoms with Gasteiger partial charge < -0.3 is 0 Å². The van der Waals surface area contributed by atoms with Crippen LogP contribution in [0.1, 0.15) is 59.9 Å². The number of hydrogen-bond acceptors (Lipinski definition) is 0. The Bertz CT molecular complexity index is 738. The molecule has 0 aliphatic heterocycles.